The maximum Gasteiger partial charge on any atom is 0.321 e. The van der Waals surface area contributed by atoms with Gasteiger partial charge in [-0.05, 0) is 48.2 Å². The topological polar surface area (TPSA) is 69.6 Å². The summed E-state index contributed by atoms with van der Waals surface area (Å²) in [7, 11) is 0. The molecule has 0 aliphatic carbocycles. The Hall–Kier alpha value is -2.04. The standard InChI is InChI=1S/C17H18ClNO3/c1-11-8-13(4-7-15(11)18)10-19-16(17(21)22)9-12-2-5-14(20)6-3-12/h2-8,16,19-20H,9-10H2,1H3,(H,21,22)/t16-/m0/s1. The van der Waals surface area contributed by atoms with Crippen LogP contribution in [0.3, 0.4) is 0 Å². The summed E-state index contributed by atoms with van der Waals surface area (Å²) in [4.78, 5) is 11.4. The average Bonchev–Trinajstić information content (AvgIpc) is 2.48. The number of carbonyl (C=O) groups is 1. The lowest BCUT2D eigenvalue weighted by atomic mass is 10.1. The molecule has 0 heterocycles. The number of halogens is 1. The lowest BCUT2D eigenvalue weighted by Crippen LogP contribution is -2.38. The van der Waals surface area contributed by atoms with E-state index in [9.17, 15) is 15.0 Å². The number of carboxylic acid groups (broad SMARTS) is 1. The van der Waals surface area contributed by atoms with Crippen LogP contribution in [-0.4, -0.2) is 22.2 Å². The summed E-state index contributed by atoms with van der Waals surface area (Å²) in [5, 5.41) is 22.3. The predicted molar refractivity (Wildman–Crippen MR) is 86.3 cm³/mol. The monoisotopic (exact) mass is 319 g/mol. The lowest BCUT2D eigenvalue weighted by molar-refractivity contribution is -0.139. The number of benzene rings is 2. The molecule has 3 N–H and O–H groups in total. The molecular weight excluding hydrogens is 302 g/mol. The van der Waals surface area contributed by atoms with Crippen LogP contribution in [0.1, 0.15) is 16.7 Å². The molecule has 22 heavy (non-hydrogen) atoms. The molecule has 0 aliphatic heterocycles. The second-order valence-corrected chi connectivity index (χ2v) is 5.63. The van der Waals surface area contributed by atoms with E-state index in [1.165, 1.54) is 0 Å². The van der Waals surface area contributed by atoms with Crippen molar-refractivity contribution < 1.29 is 15.0 Å². The molecule has 0 unspecified atom stereocenters. The largest absolute Gasteiger partial charge is 0.508 e. The molecule has 1 atom stereocenters. The smallest absolute Gasteiger partial charge is 0.321 e. The average molecular weight is 320 g/mol. The minimum Gasteiger partial charge on any atom is -0.508 e. The molecule has 0 amide bonds. The van der Waals surface area contributed by atoms with Gasteiger partial charge < -0.3 is 15.5 Å². The number of hydrogen-bond donors (Lipinski definition) is 3. The van der Waals surface area contributed by atoms with E-state index in [1.807, 2.05) is 25.1 Å². The van der Waals surface area contributed by atoms with E-state index in [2.05, 4.69) is 5.32 Å². The van der Waals surface area contributed by atoms with Gasteiger partial charge in [0.1, 0.15) is 11.8 Å². The van der Waals surface area contributed by atoms with E-state index in [1.54, 1.807) is 24.3 Å². The number of carboxylic acids is 1. The molecule has 0 saturated carbocycles. The maximum absolute atomic E-state index is 11.4. The van der Waals surface area contributed by atoms with Crippen molar-refractivity contribution in [3.8, 4) is 5.75 Å². The second-order valence-electron chi connectivity index (χ2n) is 5.23. The first-order chi connectivity index (χ1) is 10.5. The minimum atomic E-state index is -0.904. The van der Waals surface area contributed by atoms with Gasteiger partial charge >= 0.3 is 5.97 Å². The first-order valence-corrected chi connectivity index (χ1v) is 7.32. The quantitative estimate of drug-likeness (QED) is 0.765. The molecule has 2 rings (SSSR count). The van der Waals surface area contributed by atoms with Crippen LogP contribution in [0.2, 0.25) is 5.02 Å². The van der Waals surface area contributed by atoms with Gasteiger partial charge in [-0.1, -0.05) is 35.9 Å². The van der Waals surface area contributed by atoms with Gasteiger partial charge in [0, 0.05) is 11.6 Å². The zero-order valence-electron chi connectivity index (χ0n) is 12.2. The predicted octanol–water partition coefficient (Wildman–Crippen LogP) is 3.14. The van der Waals surface area contributed by atoms with Crippen molar-refractivity contribution in [1.29, 1.82) is 0 Å². The lowest BCUT2D eigenvalue weighted by Gasteiger charge is -2.15. The summed E-state index contributed by atoms with van der Waals surface area (Å²) >= 11 is 5.98. The molecular formula is C17H18ClNO3. The zero-order valence-corrected chi connectivity index (χ0v) is 13.0. The van der Waals surface area contributed by atoms with Crippen LogP contribution in [0.25, 0.3) is 0 Å². The Morgan fingerprint density at radius 1 is 1.18 bits per heavy atom. The Labute approximate surface area is 134 Å². The van der Waals surface area contributed by atoms with E-state index < -0.39 is 12.0 Å². The number of aromatic hydroxyl groups is 1. The van der Waals surface area contributed by atoms with Crippen LogP contribution in [0.5, 0.6) is 5.75 Å². The molecule has 0 radical (unpaired) electrons. The number of hydrogen-bond acceptors (Lipinski definition) is 3. The van der Waals surface area contributed by atoms with Gasteiger partial charge in [-0.2, -0.15) is 0 Å². The summed E-state index contributed by atoms with van der Waals surface area (Å²) in [6.45, 7) is 2.37. The van der Waals surface area contributed by atoms with Crippen molar-refractivity contribution in [3.63, 3.8) is 0 Å². The number of aliphatic carboxylic acids is 1. The summed E-state index contributed by atoms with van der Waals surface area (Å²) < 4.78 is 0. The highest BCUT2D eigenvalue weighted by atomic mass is 35.5. The number of aryl methyl sites for hydroxylation is 1. The van der Waals surface area contributed by atoms with Gasteiger partial charge in [0.05, 0.1) is 0 Å². The SMILES string of the molecule is Cc1cc(CN[C@@H](Cc2ccc(O)cc2)C(=O)O)ccc1Cl. The molecule has 0 bridgehead atoms. The van der Waals surface area contributed by atoms with Crippen LogP contribution in [-0.2, 0) is 17.8 Å². The highest BCUT2D eigenvalue weighted by Crippen LogP contribution is 2.16. The maximum atomic E-state index is 11.4. The van der Waals surface area contributed by atoms with Crippen LogP contribution >= 0.6 is 11.6 Å². The Bertz CT molecular complexity index is 655. The first kappa shape index (κ1) is 16.3. The van der Waals surface area contributed by atoms with Crippen molar-refractivity contribution in [1.82, 2.24) is 5.32 Å². The molecule has 0 fully saturated rings. The van der Waals surface area contributed by atoms with Crippen LogP contribution in [0, 0.1) is 6.92 Å². The Morgan fingerprint density at radius 3 is 2.41 bits per heavy atom. The normalized spacial score (nSPS) is 12.1. The summed E-state index contributed by atoms with van der Waals surface area (Å²) in [6, 6.07) is 11.5. The van der Waals surface area contributed by atoms with Gasteiger partial charge in [-0.3, -0.25) is 4.79 Å². The second kappa shape index (κ2) is 7.29. The molecule has 4 nitrogen and oxygen atoms in total. The number of phenolic OH excluding ortho intramolecular Hbond substituents is 1. The highest BCUT2D eigenvalue weighted by Gasteiger charge is 2.17. The van der Waals surface area contributed by atoms with Crippen LogP contribution in [0.15, 0.2) is 42.5 Å². The van der Waals surface area contributed by atoms with Crippen molar-refractivity contribution >= 4 is 17.6 Å². The third-order valence-corrected chi connectivity index (χ3v) is 3.87. The molecule has 5 heteroatoms. The Balaban J connectivity index is 2.01. The fourth-order valence-corrected chi connectivity index (χ4v) is 2.29. The first-order valence-electron chi connectivity index (χ1n) is 6.95. The summed E-state index contributed by atoms with van der Waals surface area (Å²) in [5.41, 5.74) is 2.80. The minimum absolute atomic E-state index is 0.167. The number of nitrogens with one attached hydrogen (secondary N) is 1. The third-order valence-electron chi connectivity index (χ3n) is 3.45. The van der Waals surface area contributed by atoms with Gasteiger partial charge in [0.15, 0.2) is 0 Å². The summed E-state index contributed by atoms with van der Waals surface area (Å²) in [5.74, 6) is -0.737. The molecule has 2 aromatic carbocycles. The van der Waals surface area contributed by atoms with E-state index in [-0.39, 0.29) is 5.75 Å². The van der Waals surface area contributed by atoms with Gasteiger partial charge in [-0.15, -0.1) is 0 Å². The Kier molecular flexibility index (Phi) is 5.41. The van der Waals surface area contributed by atoms with Crippen LogP contribution < -0.4 is 5.32 Å². The van der Waals surface area contributed by atoms with E-state index in [4.69, 9.17) is 11.6 Å². The van der Waals surface area contributed by atoms with Gasteiger partial charge in [0.25, 0.3) is 0 Å². The molecule has 2 aromatic rings. The number of phenols is 1. The summed E-state index contributed by atoms with van der Waals surface area (Å²) in [6.07, 6.45) is 0.349. The molecule has 0 saturated heterocycles. The van der Waals surface area contributed by atoms with E-state index >= 15 is 0 Å². The van der Waals surface area contributed by atoms with Crippen molar-refractivity contribution in [2.45, 2.75) is 25.9 Å². The molecule has 0 spiro atoms. The fourth-order valence-electron chi connectivity index (χ4n) is 2.17. The highest BCUT2D eigenvalue weighted by molar-refractivity contribution is 6.31. The van der Waals surface area contributed by atoms with E-state index in [0.717, 1.165) is 16.7 Å². The third kappa shape index (κ3) is 4.48. The zero-order chi connectivity index (χ0) is 16.1. The fraction of sp³-hybridized carbons (Fsp3) is 0.235. The number of rotatable bonds is 6. The van der Waals surface area contributed by atoms with Gasteiger partial charge in [0.2, 0.25) is 0 Å². The van der Waals surface area contributed by atoms with Crippen molar-refractivity contribution in [2.75, 3.05) is 0 Å². The van der Waals surface area contributed by atoms with Crippen molar-refractivity contribution in [2.24, 2.45) is 0 Å². The van der Waals surface area contributed by atoms with E-state index in [0.29, 0.717) is 18.0 Å². The molecule has 0 aliphatic rings. The molecule has 0 aromatic heterocycles. The Morgan fingerprint density at radius 2 is 1.82 bits per heavy atom. The molecule has 116 valence electrons. The van der Waals surface area contributed by atoms with Crippen LogP contribution in [0.4, 0.5) is 0 Å². The van der Waals surface area contributed by atoms with Gasteiger partial charge in [-0.25, -0.2) is 0 Å². The van der Waals surface area contributed by atoms with Crippen molar-refractivity contribution in [3.05, 3.63) is 64.2 Å².